The minimum atomic E-state index is -2.90. The molecule has 0 aromatic rings. The summed E-state index contributed by atoms with van der Waals surface area (Å²) >= 11 is 0. The molecule has 0 saturated heterocycles. The molecule has 0 spiro atoms. The Bertz CT molecular complexity index is 356. The minimum absolute atomic E-state index is 0.0249. The van der Waals surface area contributed by atoms with Gasteiger partial charge in [-0.05, 0) is 25.3 Å². The zero-order chi connectivity index (χ0) is 13.8. The lowest BCUT2D eigenvalue weighted by molar-refractivity contribution is 0.0485. The third-order valence-electron chi connectivity index (χ3n) is 4.23. The van der Waals surface area contributed by atoms with E-state index < -0.39 is 9.84 Å². The van der Waals surface area contributed by atoms with Gasteiger partial charge in [-0.25, -0.2) is 8.42 Å². The first-order valence-corrected chi connectivity index (χ1v) is 9.02. The fourth-order valence-corrected chi connectivity index (χ4v) is 3.79. The van der Waals surface area contributed by atoms with E-state index in [-0.39, 0.29) is 11.3 Å². The smallest absolute Gasteiger partial charge is 0.148 e. The summed E-state index contributed by atoms with van der Waals surface area (Å²) in [6.07, 6.45) is 5.98. The number of hydrogen-bond donors (Lipinski definition) is 1. The standard InChI is InChI=1S/C13H28N2O2S/c1-4-15(8-9-18(3,16)17)13(11-14)7-5-6-12(2)10-13/h12H,4-11,14H2,1-3H3. The van der Waals surface area contributed by atoms with Crippen LogP contribution in [0, 0.1) is 5.92 Å². The van der Waals surface area contributed by atoms with Crippen LogP contribution in [0.5, 0.6) is 0 Å². The van der Waals surface area contributed by atoms with Crippen LogP contribution in [-0.4, -0.2) is 50.5 Å². The van der Waals surface area contributed by atoms with Gasteiger partial charge in [0.1, 0.15) is 9.84 Å². The number of sulfone groups is 1. The second-order valence-electron chi connectivity index (χ2n) is 5.84. The highest BCUT2D eigenvalue weighted by molar-refractivity contribution is 7.90. The van der Waals surface area contributed by atoms with Crippen LogP contribution < -0.4 is 5.73 Å². The molecule has 1 fully saturated rings. The maximum absolute atomic E-state index is 11.3. The monoisotopic (exact) mass is 276 g/mol. The van der Waals surface area contributed by atoms with Crippen molar-refractivity contribution in [3.63, 3.8) is 0 Å². The molecule has 0 aromatic carbocycles. The number of likely N-dealkylation sites (N-methyl/N-ethyl adjacent to an activating group) is 1. The van der Waals surface area contributed by atoms with Crippen LogP contribution in [0.1, 0.15) is 39.5 Å². The predicted molar refractivity (Wildman–Crippen MR) is 76.4 cm³/mol. The first kappa shape index (κ1) is 15.9. The van der Waals surface area contributed by atoms with E-state index in [4.69, 9.17) is 5.73 Å². The Morgan fingerprint density at radius 3 is 2.56 bits per heavy atom. The van der Waals surface area contributed by atoms with Gasteiger partial charge in [0.2, 0.25) is 0 Å². The van der Waals surface area contributed by atoms with E-state index in [1.807, 2.05) is 0 Å². The van der Waals surface area contributed by atoms with Gasteiger partial charge in [0.25, 0.3) is 0 Å². The first-order valence-electron chi connectivity index (χ1n) is 6.96. The van der Waals surface area contributed by atoms with Crippen LogP contribution in [0.25, 0.3) is 0 Å². The van der Waals surface area contributed by atoms with Crippen molar-refractivity contribution < 1.29 is 8.42 Å². The van der Waals surface area contributed by atoms with Crippen LogP contribution in [0.15, 0.2) is 0 Å². The summed E-state index contributed by atoms with van der Waals surface area (Å²) in [6, 6.07) is 0. The predicted octanol–water partition coefficient (Wildman–Crippen LogP) is 1.26. The molecule has 18 heavy (non-hydrogen) atoms. The lowest BCUT2D eigenvalue weighted by atomic mass is 9.75. The number of nitrogens with zero attached hydrogens (tertiary/aromatic N) is 1. The third kappa shape index (κ3) is 4.21. The molecule has 0 aromatic heterocycles. The molecule has 2 N–H and O–H groups in total. The molecule has 0 heterocycles. The van der Waals surface area contributed by atoms with Crippen molar-refractivity contribution in [2.24, 2.45) is 11.7 Å². The summed E-state index contributed by atoms with van der Waals surface area (Å²) in [5.41, 5.74) is 6.05. The van der Waals surface area contributed by atoms with Gasteiger partial charge in [-0.15, -0.1) is 0 Å². The summed E-state index contributed by atoms with van der Waals surface area (Å²) < 4.78 is 22.7. The Morgan fingerprint density at radius 1 is 1.44 bits per heavy atom. The van der Waals surface area contributed by atoms with Gasteiger partial charge in [0.15, 0.2) is 0 Å². The zero-order valence-corrected chi connectivity index (χ0v) is 12.8. The molecular weight excluding hydrogens is 248 g/mol. The van der Waals surface area contributed by atoms with Crippen molar-refractivity contribution in [2.75, 3.05) is 31.6 Å². The summed E-state index contributed by atoms with van der Waals surface area (Å²) in [4.78, 5) is 2.30. The highest BCUT2D eigenvalue weighted by Gasteiger charge is 2.38. The summed E-state index contributed by atoms with van der Waals surface area (Å²) in [7, 11) is -2.90. The minimum Gasteiger partial charge on any atom is -0.329 e. The topological polar surface area (TPSA) is 63.4 Å². The van der Waals surface area contributed by atoms with Crippen molar-refractivity contribution in [1.29, 1.82) is 0 Å². The van der Waals surface area contributed by atoms with E-state index >= 15 is 0 Å². The maximum atomic E-state index is 11.3. The fraction of sp³-hybridized carbons (Fsp3) is 1.00. The lowest BCUT2D eigenvalue weighted by Crippen LogP contribution is -2.57. The number of hydrogen-bond acceptors (Lipinski definition) is 4. The molecule has 4 nitrogen and oxygen atoms in total. The van der Waals surface area contributed by atoms with Gasteiger partial charge in [-0.1, -0.05) is 26.7 Å². The van der Waals surface area contributed by atoms with Crippen LogP contribution in [0.4, 0.5) is 0 Å². The highest BCUT2D eigenvalue weighted by atomic mass is 32.2. The van der Waals surface area contributed by atoms with Gasteiger partial charge in [0, 0.05) is 24.9 Å². The molecule has 2 unspecified atom stereocenters. The van der Waals surface area contributed by atoms with E-state index in [9.17, 15) is 8.42 Å². The summed E-state index contributed by atoms with van der Waals surface area (Å²) in [5, 5.41) is 0. The second kappa shape index (κ2) is 6.35. The molecule has 1 saturated carbocycles. The summed E-state index contributed by atoms with van der Waals surface area (Å²) in [6.45, 7) is 6.49. The SMILES string of the molecule is CCN(CCS(C)(=O)=O)C1(CN)CCCC(C)C1. The number of nitrogens with two attached hydrogens (primary N) is 1. The normalized spacial score (nSPS) is 29.7. The molecule has 2 atom stereocenters. The largest absolute Gasteiger partial charge is 0.329 e. The molecule has 1 rings (SSSR count). The first-order chi connectivity index (χ1) is 8.33. The Morgan fingerprint density at radius 2 is 2.11 bits per heavy atom. The molecule has 1 aliphatic rings. The molecule has 0 bridgehead atoms. The van der Waals surface area contributed by atoms with Gasteiger partial charge in [-0.2, -0.15) is 0 Å². The lowest BCUT2D eigenvalue weighted by Gasteiger charge is -2.47. The maximum Gasteiger partial charge on any atom is 0.148 e. The van der Waals surface area contributed by atoms with Gasteiger partial charge < -0.3 is 5.73 Å². The summed E-state index contributed by atoms with van der Waals surface area (Å²) in [5.74, 6) is 0.923. The molecule has 1 aliphatic carbocycles. The van der Waals surface area contributed by atoms with Gasteiger partial charge in [-0.3, -0.25) is 4.90 Å². The Hall–Kier alpha value is -0.130. The molecule has 0 amide bonds. The van der Waals surface area contributed by atoms with E-state index in [2.05, 4.69) is 18.7 Å². The van der Waals surface area contributed by atoms with E-state index in [1.54, 1.807) is 0 Å². The van der Waals surface area contributed by atoms with E-state index in [0.29, 0.717) is 19.0 Å². The number of rotatable bonds is 6. The average Bonchev–Trinajstić information content (AvgIpc) is 2.28. The zero-order valence-electron chi connectivity index (χ0n) is 12.0. The third-order valence-corrected chi connectivity index (χ3v) is 5.16. The van der Waals surface area contributed by atoms with Crippen molar-refractivity contribution in [1.82, 2.24) is 4.90 Å². The van der Waals surface area contributed by atoms with Crippen LogP contribution in [-0.2, 0) is 9.84 Å². The van der Waals surface area contributed by atoms with Crippen molar-refractivity contribution in [3.8, 4) is 0 Å². The Kier molecular flexibility index (Phi) is 5.62. The van der Waals surface area contributed by atoms with Crippen molar-refractivity contribution in [2.45, 2.75) is 45.1 Å². The average molecular weight is 276 g/mol. The van der Waals surface area contributed by atoms with Crippen LogP contribution in [0.2, 0.25) is 0 Å². The Labute approximate surface area is 112 Å². The molecule has 0 radical (unpaired) electrons. The van der Waals surface area contributed by atoms with Crippen molar-refractivity contribution in [3.05, 3.63) is 0 Å². The quantitative estimate of drug-likeness (QED) is 0.793. The highest BCUT2D eigenvalue weighted by Crippen LogP contribution is 2.36. The Balaban J connectivity index is 2.76. The van der Waals surface area contributed by atoms with E-state index in [0.717, 1.165) is 19.4 Å². The fourth-order valence-electron chi connectivity index (χ4n) is 3.24. The molecular formula is C13H28N2O2S. The van der Waals surface area contributed by atoms with E-state index in [1.165, 1.54) is 19.1 Å². The van der Waals surface area contributed by atoms with Crippen molar-refractivity contribution >= 4 is 9.84 Å². The second-order valence-corrected chi connectivity index (χ2v) is 8.10. The molecule has 0 aliphatic heterocycles. The van der Waals surface area contributed by atoms with Gasteiger partial charge >= 0.3 is 0 Å². The van der Waals surface area contributed by atoms with Crippen LogP contribution >= 0.6 is 0 Å². The van der Waals surface area contributed by atoms with Gasteiger partial charge in [0.05, 0.1) is 5.75 Å². The van der Waals surface area contributed by atoms with Crippen LogP contribution in [0.3, 0.4) is 0 Å². The molecule has 108 valence electrons. The molecule has 5 heteroatoms.